The maximum absolute atomic E-state index is 8.58. The predicted molar refractivity (Wildman–Crippen MR) is 68.8 cm³/mol. The van der Waals surface area contributed by atoms with Crippen LogP contribution in [0, 0.1) is 0 Å². The Kier molecular flexibility index (Phi) is 6.43. The highest BCUT2D eigenvalue weighted by Crippen LogP contribution is 2.18. The van der Waals surface area contributed by atoms with Crippen molar-refractivity contribution < 1.29 is 14.6 Å². The maximum Gasteiger partial charge on any atom is 0.119 e. The van der Waals surface area contributed by atoms with E-state index in [1.54, 1.807) is 0 Å². The summed E-state index contributed by atoms with van der Waals surface area (Å²) in [6.45, 7) is 4.55. The fraction of sp³-hybridized carbons (Fsp3) is 0.538. The van der Waals surface area contributed by atoms with Gasteiger partial charge in [0.25, 0.3) is 0 Å². The van der Waals surface area contributed by atoms with E-state index in [2.05, 4.69) is 4.90 Å². The lowest BCUT2D eigenvalue weighted by Gasteiger charge is -2.19. The van der Waals surface area contributed by atoms with Crippen molar-refractivity contribution in [2.24, 2.45) is 0 Å². The average Bonchev–Trinajstić information content (AvgIpc) is 2.36. The van der Waals surface area contributed by atoms with E-state index < -0.39 is 0 Å². The molecule has 0 bridgehead atoms. The van der Waals surface area contributed by atoms with Gasteiger partial charge in [0, 0.05) is 19.3 Å². The fourth-order valence-corrected chi connectivity index (χ4v) is 1.46. The van der Waals surface area contributed by atoms with Crippen molar-refractivity contribution in [3.8, 4) is 5.75 Å². The second kappa shape index (κ2) is 7.92. The molecule has 0 heterocycles. The molecule has 0 aliphatic heterocycles. The van der Waals surface area contributed by atoms with Crippen molar-refractivity contribution in [1.29, 1.82) is 0 Å². The number of aliphatic hydroxyl groups excluding tert-OH is 1. The van der Waals surface area contributed by atoms with Gasteiger partial charge >= 0.3 is 0 Å². The van der Waals surface area contributed by atoms with Crippen LogP contribution in [0.5, 0.6) is 5.75 Å². The van der Waals surface area contributed by atoms with E-state index in [4.69, 9.17) is 14.6 Å². The van der Waals surface area contributed by atoms with Crippen molar-refractivity contribution in [2.75, 3.05) is 44.9 Å². The number of rotatable bonds is 8. The minimum Gasteiger partial charge on any atom is -0.494 e. The third-order valence-electron chi connectivity index (χ3n) is 2.40. The van der Waals surface area contributed by atoms with Crippen LogP contribution >= 0.6 is 0 Å². The van der Waals surface area contributed by atoms with Crippen LogP contribution < -0.4 is 9.64 Å². The largest absolute Gasteiger partial charge is 0.494 e. The summed E-state index contributed by atoms with van der Waals surface area (Å²) in [7, 11) is 2.01. The molecule has 0 saturated heterocycles. The molecular weight excluding hydrogens is 218 g/mol. The zero-order valence-electron chi connectivity index (χ0n) is 10.6. The zero-order chi connectivity index (χ0) is 12.5. The van der Waals surface area contributed by atoms with Crippen molar-refractivity contribution >= 4 is 5.69 Å². The molecular formula is C13H21NO3. The minimum atomic E-state index is 0.0762. The Morgan fingerprint density at radius 3 is 2.47 bits per heavy atom. The van der Waals surface area contributed by atoms with Gasteiger partial charge in [0.2, 0.25) is 0 Å². The van der Waals surface area contributed by atoms with Gasteiger partial charge in [-0.25, -0.2) is 0 Å². The molecule has 0 unspecified atom stereocenters. The first-order valence-corrected chi connectivity index (χ1v) is 5.90. The summed E-state index contributed by atoms with van der Waals surface area (Å²) in [5.41, 5.74) is 1.13. The van der Waals surface area contributed by atoms with E-state index in [0.717, 1.165) is 18.0 Å². The van der Waals surface area contributed by atoms with Gasteiger partial charge in [0.05, 0.1) is 26.4 Å². The lowest BCUT2D eigenvalue weighted by atomic mass is 10.3. The molecule has 1 aromatic carbocycles. The Hall–Kier alpha value is -1.26. The predicted octanol–water partition coefficient (Wildman–Crippen LogP) is 1.53. The van der Waals surface area contributed by atoms with Gasteiger partial charge in [-0.05, 0) is 31.2 Å². The van der Waals surface area contributed by atoms with Crippen LogP contribution in [0.15, 0.2) is 24.3 Å². The van der Waals surface area contributed by atoms with Crippen LogP contribution in [0.25, 0.3) is 0 Å². The first-order valence-electron chi connectivity index (χ1n) is 5.90. The average molecular weight is 239 g/mol. The third-order valence-corrected chi connectivity index (χ3v) is 2.40. The smallest absolute Gasteiger partial charge is 0.119 e. The lowest BCUT2D eigenvalue weighted by molar-refractivity contribution is 0.0971. The van der Waals surface area contributed by atoms with Gasteiger partial charge in [-0.2, -0.15) is 0 Å². The summed E-state index contributed by atoms with van der Waals surface area (Å²) in [5.74, 6) is 0.890. The SMILES string of the molecule is CCOc1ccc(N(C)CCOCCO)cc1. The highest BCUT2D eigenvalue weighted by Gasteiger charge is 2.01. The molecule has 17 heavy (non-hydrogen) atoms. The number of hydrogen-bond acceptors (Lipinski definition) is 4. The first kappa shape index (κ1) is 13.8. The number of likely N-dealkylation sites (N-methyl/N-ethyl adjacent to an activating group) is 1. The second-order valence-electron chi connectivity index (χ2n) is 3.68. The fourth-order valence-electron chi connectivity index (χ4n) is 1.46. The number of anilines is 1. The van der Waals surface area contributed by atoms with Gasteiger partial charge in [-0.3, -0.25) is 0 Å². The summed E-state index contributed by atoms with van der Waals surface area (Å²) in [6, 6.07) is 7.97. The molecule has 0 saturated carbocycles. The molecule has 0 radical (unpaired) electrons. The van der Waals surface area contributed by atoms with E-state index in [1.807, 2.05) is 38.2 Å². The summed E-state index contributed by atoms with van der Waals surface area (Å²) in [6.07, 6.45) is 0. The van der Waals surface area contributed by atoms with Gasteiger partial charge in [0.1, 0.15) is 5.75 Å². The molecule has 96 valence electrons. The molecule has 1 N–H and O–H groups in total. The monoisotopic (exact) mass is 239 g/mol. The Bertz CT molecular complexity index is 300. The Morgan fingerprint density at radius 1 is 1.18 bits per heavy atom. The number of benzene rings is 1. The molecule has 0 aliphatic rings. The van der Waals surface area contributed by atoms with E-state index in [0.29, 0.717) is 19.8 Å². The molecule has 4 heteroatoms. The molecule has 0 aromatic heterocycles. The van der Waals surface area contributed by atoms with Gasteiger partial charge < -0.3 is 19.5 Å². The van der Waals surface area contributed by atoms with Crippen LogP contribution in [0.2, 0.25) is 0 Å². The molecule has 0 aliphatic carbocycles. The standard InChI is InChI=1S/C13H21NO3/c1-3-17-13-6-4-12(5-7-13)14(2)8-10-16-11-9-15/h4-7,15H,3,8-11H2,1-2H3. The van der Waals surface area contributed by atoms with Crippen molar-refractivity contribution in [1.82, 2.24) is 0 Å². The van der Waals surface area contributed by atoms with Crippen molar-refractivity contribution in [2.45, 2.75) is 6.92 Å². The highest BCUT2D eigenvalue weighted by atomic mass is 16.5. The van der Waals surface area contributed by atoms with Crippen LogP contribution in [0.1, 0.15) is 6.92 Å². The molecule has 1 rings (SSSR count). The normalized spacial score (nSPS) is 10.3. The minimum absolute atomic E-state index is 0.0762. The summed E-state index contributed by atoms with van der Waals surface area (Å²) in [5, 5.41) is 8.58. The van der Waals surface area contributed by atoms with Crippen molar-refractivity contribution in [3.63, 3.8) is 0 Å². The van der Waals surface area contributed by atoms with Crippen LogP contribution in [0.4, 0.5) is 5.69 Å². The van der Waals surface area contributed by atoms with Crippen LogP contribution in [0.3, 0.4) is 0 Å². The maximum atomic E-state index is 8.58. The van der Waals surface area contributed by atoms with Gasteiger partial charge in [-0.1, -0.05) is 0 Å². The van der Waals surface area contributed by atoms with Gasteiger partial charge in [-0.15, -0.1) is 0 Å². The topological polar surface area (TPSA) is 41.9 Å². The van der Waals surface area contributed by atoms with Crippen LogP contribution in [-0.4, -0.2) is 45.1 Å². The quantitative estimate of drug-likeness (QED) is 0.699. The van der Waals surface area contributed by atoms with E-state index in [1.165, 1.54) is 0 Å². The number of nitrogens with zero attached hydrogens (tertiary/aromatic N) is 1. The summed E-state index contributed by atoms with van der Waals surface area (Å²) in [4.78, 5) is 2.10. The second-order valence-corrected chi connectivity index (χ2v) is 3.68. The Morgan fingerprint density at radius 2 is 1.88 bits per heavy atom. The van der Waals surface area contributed by atoms with E-state index in [-0.39, 0.29) is 6.61 Å². The molecule has 0 amide bonds. The molecule has 1 aromatic rings. The Balaban J connectivity index is 2.37. The van der Waals surface area contributed by atoms with Gasteiger partial charge in [0.15, 0.2) is 0 Å². The van der Waals surface area contributed by atoms with Crippen LogP contribution in [-0.2, 0) is 4.74 Å². The highest BCUT2D eigenvalue weighted by molar-refractivity contribution is 5.48. The lowest BCUT2D eigenvalue weighted by Crippen LogP contribution is -2.23. The molecule has 4 nitrogen and oxygen atoms in total. The number of ether oxygens (including phenoxy) is 2. The molecule has 0 atom stereocenters. The first-order chi connectivity index (χ1) is 8.27. The summed E-state index contributed by atoms with van der Waals surface area (Å²) < 4.78 is 10.6. The molecule has 0 spiro atoms. The van der Waals surface area contributed by atoms with Crippen molar-refractivity contribution in [3.05, 3.63) is 24.3 Å². The zero-order valence-corrected chi connectivity index (χ0v) is 10.6. The summed E-state index contributed by atoms with van der Waals surface area (Å²) >= 11 is 0. The number of hydrogen-bond donors (Lipinski definition) is 1. The number of aliphatic hydroxyl groups is 1. The van der Waals surface area contributed by atoms with E-state index in [9.17, 15) is 0 Å². The third kappa shape index (κ3) is 5.06. The molecule has 0 fully saturated rings. The Labute approximate surface area is 103 Å². The van der Waals surface area contributed by atoms with E-state index >= 15 is 0 Å².